The van der Waals surface area contributed by atoms with Gasteiger partial charge in [-0.25, -0.2) is 0 Å². The van der Waals surface area contributed by atoms with Crippen LogP contribution in [0.1, 0.15) is 34.7 Å². The minimum atomic E-state index is -0.638. The lowest BCUT2D eigenvalue weighted by Gasteiger charge is -2.27. The third-order valence-electron chi connectivity index (χ3n) is 6.53. The highest BCUT2D eigenvalue weighted by molar-refractivity contribution is 6.09. The fourth-order valence-corrected chi connectivity index (χ4v) is 4.68. The lowest BCUT2D eigenvalue weighted by Crippen LogP contribution is -2.33. The van der Waals surface area contributed by atoms with E-state index in [4.69, 9.17) is 9.47 Å². The number of nitrogens with zero attached hydrogens (tertiary/aromatic N) is 1. The van der Waals surface area contributed by atoms with E-state index < -0.39 is 17.7 Å². The molecule has 1 heterocycles. The van der Waals surface area contributed by atoms with Gasteiger partial charge in [-0.05, 0) is 48.6 Å². The predicted octanol–water partition coefficient (Wildman–Crippen LogP) is 5.15. The average molecular weight is 486 g/mol. The molecule has 4 rings (SSSR count). The van der Waals surface area contributed by atoms with E-state index in [1.165, 1.54) is 0 Å². The van der Waals surface area contributed by atoms with Crippen molar-refractivity contribution >= 4 is 11.7 Å². The predicted molar refractivity (Wildman–Crippen MR) is 138 cm³/mol. The number of carbonyl (C=O) groups excluding carboxylic acids is 2. The first-order chi connectivity index (χ1) is 17.4. The van der Waals surface area contributed by atoms with Gasteiger partial charge in [-0.2, -0.15) is 0 Å². The average Bonchev–Trinajstić information content (AvgIpc) is 3.16. The summed E-state index contributed by atoms with van der Waals surface area (Å²) in [5.41, 5.74) is 3.98. The molecule has 6 nitrogen and oxygen atoms in total. The van der Waals surface area contributed by atoms with Gasteiger partial charge >= 0.3 is 0 Å². The minimum absolute atomic E-state index is 0.175. The zero-order valence-corrected chi connectivity index (χ0v) is 20.9. The maximum Gasteiger partial charge on any atom is 0.290 e. The topological polar surface area (TPSA) is 76.1 Å². The summed E-state index contributed by atoms with van der Waals surface area (Å²) in [5.74, 6) is 0.0410. The molecule has 1 amide bonds. The molecule has 1 unspecified atom stereocenters. The first-order valence-corrected chi connectivity index (χ1v) is 12.0. The molecule has 0 aliphatic carbocycles. The van der Waals surface area contributed by atoms with Crippen LogP contribution in [0.15, 0.2) is 84.1 Å². The van der Waals surface area contributed by atoms with Crippen molar-refractivity contribution in [3.05, 3.63) is 106 Å². The number of methoxy groups -OCH3 is 2. The van der Waals surface area contributed by atoms with Crippen molar-refractivity contribution in [2.45, 2.75) is 32.2 Å². The van der Waals surface area contributed by atoms with Crippen LogP contribution in [-0.4, -0.2) is 42.5 Å². The maximum absolute atomic E-state index is 13.4. The van der Waals surface area contributed by atoms with Gasteiger partial charge in [-0.15, -0.1) is 0 Å². The Morgan fingerprint density at radius 3 is 2.33 bits per heavy atom. The van der Waals surface area contributed by atoms with Crippen LogP contribution >= 0.6 is 0 Å². The molecular weight excluding hydrogens is 454 g/mol. The summed E-state index contributed by atoms with van der Waals surface area (Å²) in [5, 5.41) is 10.9. The summed E-state index contributed by atoms with van der Waals surface area (Å²) in [4.78, 5) is 28.2. The third-order valence-corrected chi connectivity index (χ3v) is 6.53. The molecule has 0 saturated carbocycles. The van der Waals surface area contributed by atoms with Crippen LogP contribution in [0.5, 0.6) is 11.5 Å². The van der Waals surface area contributed by atoms with E-state index in [-0.39, 0.29) is 17.8 Å². The first kappa shape index (κ1) is 25.0. The van der Waals surface area contributed by atoms with Gasteiger partial charge < -0.3 is 19.5 Å². The Bertz CT molecular complexity index is 1280. The standard InChI is InChI=1S/C30H31NO5/c1-20-8-7-11-23(18-20)28-27(24(32)14-12-21-9-5-4-6-10-21)29(33)30(34)31(28)17-16-22-13-15-25(35-2)26(19-22)36-3/h4-11,13,15,18-19,28,33H,12,14,16-17H2,1-3H3. The van der Waals surface area contributed by atoms with E-state index in [0.717, 1.165) is 22.3 Å². The maximum atomic E-state index is 13.4. The van der Waals surface area contributed by atoms with Gasteiger partial charge in [0.05, 0.1) is 25.8 Å². The summed E-state index contributed by atoms with van der Waals surface area (Å²) in [7, 11) is 3.16. The van der Waals surface area contributed by atoms with E-state index in [1.54, 1.807) is 19.1 Å². The third kappa shape index (κ3) is 5.28. The van der Waals surface area contributed by atoms with Crippen molar-refractivity contribution in [3.63, 3.8) is 0 Å². The fourth-order valence-electron chi connectivity index (χ4n) is 4.68. The van der Waals surface area contributed by atoms with E-state index >= 15 is 0 Å². The van der Waals surface area contributed by atoms with Crippen molar-refractivity contribution in [1.82, 2.24) is 4.90 Å². The summed E-state index contributed by atoms with van der Waals surface area (Å²) in [6.07, 6.45) is 1.27. The van der Waals surface area contributed by atoms with Gasteiger partial charge in [0, 0.05) is 13.0 Å². The Kier molecular flexibility index (Phi) is 7.74. The van der Waals surface area contributed by atoms with Crippen molar-refractivity contribution in [2.75, 3.05) is 20.8 Å². The molecule has 0 aromatic heterocycles. The molecule has 3 aromatic rings. The number of aliphatic hydroxyl groups excluding tert-OH is 1. The second-order valence-corrected chi connectivity index (χ2v) is 8.93. The van der Waals surface area contributed by atoms with Gasteiger partial charge in [0.15, 0.2) is 23.0 Å². The van der Waals surface area contributed by atoms with Crippen molar-refractivity contribution in [3.8, 4) is 11.5 Å². The Morgan fingerprint density at radius 2 is 1.64 bits per heavy atom. The Hall–Kier alpha value is -4.06. The largest absolute Gasteiger partial charge is 0.503 e. The second kappa shape index (κ2) is 11.1. The van der Waals surface area contributed by atoms with Crippen molar-refractivity contribution in [1.29, 1.82) is 0 Å². The SMILES string of the molecule is COc1ccc(CCN2C(=O)C(O)=C(C(=O)CCc3ccccc3)C2c2cccc(C)c2)cc1OC. The highest BCUT2D eigenvalue weighted by atomic mass is 16.5. The van der Waals surface area contributed by atoms with Crippen LogP contribution in [0.25, 0.3) is 0 Å². The summed E-state index contributed by atoms with van der Waals surface area (Å²) >= 11 is 0. The van der Waals surface area contributed by atoms with E-state index in [9.17, 15) is 14.7 Å². The van der Waals surface area contributed by atoms with E-state index in [2.05, 4.69) is 0 Å². The zero-order chi connectivity index (χ0) is 25.7. The highest BCUT2D eigenvalue weighted by Gasteiger charge is 2.42. The number of Topliss-reactive ketones (excluding diaryl/α,β-unsaturated/α-hetero) is 1. The zero-order valence-electron chi connectivity index (χ0n) is 20.9. The molecule has 0 bridgehead atoms. The molecule has 6 heteroatoms. The van der Waals surface area contributed by atoms with Gasteiger partial charge in [-0.3, -0.25) is 9.59 Å². The number of ketones is 1. The number of aliphatic hydroxyl groups is 1. The van der Waals surface area contributed by atoms with Crippen LogP contribution in [0.2, 0.25) is 0 Å². The molecule has 36 heavy (non-hydrogen) atoms. The van der Waals surface area contributed by atoms with Crippen molar-refractivity contribution in [2.24, 2.45) is 0 Å². The highest BCUT2D eigenvalue weighted by Crippen LogP contribution is 2.39. The smallest absolute Gasteiger partial charge is 0.290 e. The number of hydrogen-bond acceptors (Lipinski definition) is 5. The van der Waals surface area contributed by atoms with Crippen molar-refractivity contribution < 1.29 is 24.2 Å². The molecule has 3 aromatic carbocycles. The lowest BCUT2D eigenvalue weighted by atomic mass is 9.92. The molecule has 0 fully saturated rings. The summed E-state index contributed by atoms with van der Waals surface area (Å²) < 4.78 is 10.7. The molecule has 0 spiro atoms. The molecule has 1 N–H and O–H groups in total. The number of ether oxygens (including phenoxy) is 2. The van der Waals surface area contributed by atoms with Gasteiger partial charge in [0.2, 0.25) is 0 Å². The molecule has 186 valence electrons. The molecular formula is C30H31NO5. The van der Waals surface area contributed by atoms with Gasteiger partial charge in [-0.1, -0.05) is 66.2 Å². The van der Waals surface area contributed by atoms with Gasteiger partial charge in [0.25, 0.3) is 5.91 Å². The number of hydrogen-bond donors (Lipinski definition) is 1. The van der Waals surface area contributed by atoms with Gasteiger partial charge in [0.1, 0.15) is 0 Å². The van der Waals surface area contributed by atoms with Crippen LogP contribution in [0, 0.1) is 6.92 Å². The number of benzene rings is 3. The lowest BCUT2D eigenvalue weighted by molar-refractivity contribution is -0.129. The molecule has 0 radical (unpaired) electrons. The number of rotatable bonds is 10. The molecule has 0 saturated heterocycles. The van der Waals surface area contributed by atoms with Crippen LogP contribution in [0.4, 0.5) is 0 Å². The Balaban J connectivity index is 1.60. The van der Waals surface area contributed by atoms with Crippen LogP contribution in [-0.2, 0) is 22.4 Å². The molecule has 1 aliphatic heterocycles. The number of carbonyl (C=O) groups is 2. The monoisotopic (exact) mass is 485 g/mol. The van der Waals surface area contributed by atoms with Crippen LogP contribution < -0.4 is 9.47 Å². The molecule has 1 aliphatic rings. The number of amides is 1. The molecule has 1 atom stereocenters. The number of aryl methyl sites for hydroxylation is 2. The second-order valence-electron chi connectivity index (χ2n) is 8.93. The Labute approximate surface area is 211 Å². The quantitative estimate of drug-likeness (QED) is 0.430. The first-order valence-electron chi connectivity index (χ1n) is 12.0. The van der Waals surface area contributed by atoms with E-state index in [1.807, 2.05) is 79.7 Å². The van der Waals surface area contributed by atoms with Crippen LogP contribution in [0.3, 0.4) is 0 Å². The minimum Gasteiger partial charge on any atom is -0.503 e. The summed E-state index contributed by atoms with van der Waals surface area (Å²) in [6.45, 7) is 2.29. The normalized spacial score (nSPS) is 15.4. The Morgan fingerprint density at radius 1 is 0.889 bits per heavy atom. The fraction of sp³-hybridized carbons (Fsp3) is 0.267. The van der Waals surface area contributed by atoms with E-state index in [0.29, 0.717) is 30.9 Å². The summed E-state index contributed by atoms with van der Waals surface area (Å²) in [6, 6.07) is 22.4.